The van der Waals surface area contributed by atoms with Crippen LogP contribution in [-0.4, -0.2) is 46.3 Å². The van der Waals surface area contributed by atoms with Gasteiger partial charge in [0.05, 0.1) is 31.0 Å². The smallest absolute Gasteiger partial charge is 0.0777 e. The lowest BCUT2D eigenvalue weighted by atomic mass is 9.30. The van der Waals surface area contributed by atoms with Crippen molar-refractivity contribution in [3.8, 4) is 0 Å². The molecule has 0 aromatic carbocycles. The maximum atomic E-state index is 11.9. The molecule has 1 saturated heterocycles. The summed E-state index contributed by atoms with van der Waals surface area (Å²) in [5.41, 5.74) is -0.108. The largest absolute Gasteiger partial charge is 0.396 e. The van der Waals surface area contributed by atoms with Gasteiger partial charge in [0.15, 0.2) is 0 Å². The first-order chi connectivity index (χ1) is 15.7. The van der Waals surface area contributed by atoms with E-state index in [9.17, 15) is 15.3 Å². The van der Waals surface area contributed by atoms with Crippen molar-refractivity contribution in [1.29, 1.82) is 0 Å². The number of ether oxygens (including phenoxy) is 1. The number of fused-ring (bicyclic) bond motifs is 4. The van der Waals surface area contributed by atoms with Crippen LogP contribution in [0.4, 0.5) is 0 Å². The molecular formula is C30H50O4. The Morgan fingerprint density at radius 1 is 0.735 bits per heavy atom. The molecule has 0 aromatic heterocycles. The number of aliphatic hydroxyl groups excluding tert-OH is 3. The molecule has 0 unspecified atom stereocenters. The second-order valence-corrected chi connectivity index (χ2v) is 15.7. The second-order valence-electron chi connectivity index (χ2n) is 15.7. The Kier molecular flexibility index (Phi) is 4.86. The van der Waals surface area contributed by atoms with Crippen molar-refractivity contribution in [2.45, 2.75) is 124 Å². The van der Waals surface area contributed by atoms with E-state index < -0.39 is 11.5 Å². The fraction of sp³-hybridized carbons (Fsp3) is 1.00. The third-order valence-corrected chi connectivity index (χ3v) is 14.3. The highest BCUT2D eigenvalue weighted by atomic mass is 16.5. The van der Waals surface area contributed by atoms with Gasteiger partial charge in [-0.05, 0) is 98.2 Å². The second kappa shape index (κ2) is 6.83. The predicted molar refractivity (Wildman–Crippen MR) is 133 cm³/mol. The number of aliphatic hydroxyl groups is 3. The minimum Gasteiger partial charge on any atom is -0.396 e. The molecule has 0 radical (unpaired) electrons. The molecule has 2 bridgehead atoms. The van der Waals surface area contributed by atoms with Crippen molar-refractivity contribution in [2.75, 3.05) is 13.2 Å². The fourth-order valence-electron chi connectivity index (χ4n) is 12.1. The Balaban J connectivity index is 1.45. The van der Waals surface area contributed by atoms with E-state index in [4.69, 9.17) is 4.74 Å². The topological polar surface area (TPSA) is 69.9 Å². The van der Waals surface area contributed by atoms with Crippen molar-refractivity contribution in [1.82, 2.24) is 0 Å². The van der Waals surface area contributed by atoms with Crippen LogP contribution in [0.3, 0.4) is 0 Å². The van der Waals surface area contributed by atoms with Crippen LogP contribution in [0.2, 0.25) is 0 Å². The van der Waals surface area contributed by atoms with Gasteiger partial charge in [0.25, 0.3) is 0 Å². The van der Waals surface area contributed by atoms with Crippen LogP contribution in [0.1, 0.15) is 106 Å². The molecule has 6 rings (SSSR count). The van der Waals surface area contributed by atoms with Gasteiger partial charge < -0.3 is 20.1 Å². The summed E-state index contributed by atoms with van der Waals surface area (Å²) in [5.74, 6) is 1.33. The van der Waals surface area contributed by atoms with E-state index in [1.54, 1.807) is 0 Å². The van der Waals surface area contributed by atoms with Gasteiger partial charge in [-0.25, -0.2) is 0 Å². The van der Waals surface area contributed by atoms with Gasteiger partial charge in [-0.15, -0.1) is 0 Å². The molecule has 4 heteroatoms. The standard InChI is InChI=1S/C30H50O4/c1-24(2)13-14-29-18-34-30(21(29)15-24)12-8-20-25(3)10-9-22(32)26(4,17-31)19(25)7-11-27(20,5)28(30,6)16-23(29)33/h19-23,31-33H,7-18H2,1-6H3/t19-,20-,21+,22+,23-,25+,26+,27-,28+,29-,30-/m1/s1. The van der Waals surface area contributed by atoms with E-state index in [1.807, 2.05) is 0 Å². The molecule has 1 aliphatic heterocycles. The molecule has 1 spiro atoms. The maximum absolute atomic E-state index is 11.9. The van der Waals surface area contributed by atoms with E-state index in [1.165, 1.54) is 19.3 Å². The van der Waals surface area contributed by atoms with Crippen molar-refractivity contribution in [3.05, 3.63) is 0 Å². The molecule has 3 N–H and O–H groups in total. The molecule has 1 heterocycles. The van der Waals surface area contributed by atoms with Gasteiger partial charge in [0, 0.05) is 16.2 Å². The Morgan fingerprint density at radius 2 is 1.44 bits per heavy atom. The Bertz CT molecular complexity index is 872. The van der Waals surface area contributed by atoms with Gasteiger partial charge in [-0.3, -0.25) is 0 Å². The average Bonchev–Trinajstić information content (AvgIpc) is 3.04. The van der Waals surface area contributed by atoms with E-state index >= 15 is 0 Å². The lowest BCUT2D eigenvalue weighted by Crippen LogP contribution is -2.74. The molecule has 0 aromatic rings. The van der Waals surface area contributed by atoms with Crippen LogP contribution in [-0.2, 0) is 4.74 Å². The van der Waals surface area contributed by atoms with Gasteiger partial charge in [0.2, 0.25) is 0 Å². The Labute approximate surface area is 207 Å². The van der Waals surface area contributed by atoms with Crippen LogP contribution < -0.4 is 0 Å². The molecule has 0 amide bonds. The first kappa shape index (κ1) is 24.2. The molecular weight excluding hydrogens is 424 g/mol. The Hall–Kier alpha value is -0.160. The normalized spacial score (nSPS) is 62.2. The maximum Gasteiger partial charge on any atom is 0.0777 e. The number of hydrogen-bond acceptors (Lipinski definition) is 4. The molecule has 4 nitrogen and oxygen atoms in total. The van der Waals surface area contributed by atoms with Crippen LogP contribution >= 0.6 is 0 Å². The zero-order valence-electron chi connectivity index (χ0n) is 22.6. The van der Waals surface area contributed by atoms with E-state index in [-0.39, 0.29) is 40.0 Å². The van der Waals surface area contributed by atoms with Gasteiger partial charge in [0.1, 0.15) is 0 Å². The summed E-state index contributed by atoms with van der Waals surface area (Å²) in [5, 5.41) is 33.3. The molecule has 34 heavy (non-hydrogen) atoms. The van der Waals surface area contributed by atoms with E-state index in [0.29, 0.717) is 23.2 Å². The first-order valence-corrected chi connectivity index (χ1v) is 14.4. The number of rotatable bonds is 1. The molecule has 5 aliphatic carbocycles. The van der Waals surface area contributed by atoms with Crippen molar-refractivity contribution in [3.63, 3.8) is 0 Å². The highest BCUT2D eigenvalue weighted by Crippen LogP contribution is 2.80. The molecule has 194 valence electrons. The average molecular weight is 475 g/mol. The third-order valence-electron chi connectivity index (χ3n) is 14.3. The molecule has 6 fully saturated rings. The lowest BCUT2D eigenvalue weighted by molar-refractivity contribution is -0.300. The lowest BCUT2D eigenvalue weighted by Gasteiger charge is -2.75. The summed E-state index contributed by atoms with van der Waals surface area (Å²) in [7, 11) is 0. The van der Waals surface area contributed by atoms with E-state index in [2.05, 4.69) is 41.5 Å². The van der Waals surface area contributed by atoms with Crippen LogP contribution in [0, 0.1) is 50.2 Å². The zero-order valence-corrected chi connectivity index (χ0v) is 22.6. The minimum absolute atomic E-state index is 0.0380. The van der Waals surface area contributed by atoms with Gasteiger partial charge >= 0.3 is 0 Å². The van der Waals surface area contributed by atoms with Crippen molar-refractivity contribution >= 4 is 0 Å². The quantitative estimate of drug-likeness (QED) is 0.481. The predicted octanol–water partition coefficient (Wildman–Crippen LogP) is 5.32. The van der Waals surface area contributed by atoms with Crippen LogP contribution in [0.15, 0.2) is 0 Å². The highest BCUT2D eigenvalue weighted by molar-refractivity contribution is 5.28. The first-order valence-electron chi connectivity index (χ1n) is 14.4. The summed E-state index contributed by atoms with van der Waals surface area (Å²) in [6.45, 7) is 15.4. The third kappa shape index (κ3) is 2.46. The van der Waals surface area contributed by atoms with Crippen LogP contribution in [0.5, 0.6) is 0 Å². The summed E-state index contributed by atoms with van der Waals surface area (Å²) in [4.78, 5) is 0. The number of hydrogen-bond donors (Lipinski definition) is 3. The molecule has 5 saturated carbocycles. The zero-order chi connectivity index (χ0) is 24.6. The monoisotopic (exact) mass is 474 g/mol. The van der Waals surface area contributed by atoms with Crippen molar-refractivity contribution < 1.29 is 20.1 Å². The van der Waals surface area contributed by atoms with Gasteiger partial charge in [-0.1, -0.05) is 41.5 Å². The Morgan fingerprint density at radius 3 is 2.15 bits per heavy atom. The van der Waals surface area contributed by atoms with Crippen molar-refractivity contribution in [2.24, 2.45) is 50.2 Å². The van der Waals surface area contributed by atoms with Gasteiger partial charge in [-0.2, -0.15) is 0 Å². The summed E-state index contributed by atoms with van der Waals surface area (Å²) < 4.78 is 7.10. The summed E-state index contributed by atoms with van der Waals surface area (Å²) in [6, 6.07) is 0. The highest BCUT2D eigenvalue weighted by Gasteiger charge is 2.79. The van der Waals surface area contributed by atoms with Crippen LogP contribution in [0.25, 0.3) is 0 Å². The SMILES string of the molecule is CC1(C)CC[C@]23CO[C@]4(CC[C@@H]5[C@@]6(C)CC[C@H](O)[C@@](C)(CO)[C@@H]6CC[C@@]5(C)[C@]4(C)C[C@H]2O)[C@H]3C1. The summed E-state index contributed by atoms with van der Waals surface area (Å²) in [6.07, 6.45) is 9.95. The molecule has 11 atom stereocenters. The van der Waals surface area contributed by atoms with E-state index in [0.717, 1.165) is 51.6 Å². The summed E-state index contributed by atoms with van der Waals surface area (Å²) >= 11 is 0. The minimum atomic E-state index is -0.414. The fourth-order valence-corrected chi connectivity index (χ4v) is 12.1. The molecule has 6 aliphatic rings.